The van der Waals surface area contributed by atoms with E-state index in [1.807, 2.05) is 19.9 Å². The molecular weight excluding hydrogens is 244 g/mol. The number of nitrogens with zero attached hydrogens (tertiary/aromatic N) is 1. The van der Waals surface area contributed by atoms with Crippen LogP contribution in [0.2, 0.25) is 0 Å². The van der Waals surface area contributed by atoms with Crippen molar-refractivity contribution in [3.63, 3.8) is 0 Å². The third-order valence-corrected chi connectivity index (χ3v) is 3.44. The Labute approximate surface area is 111 Å². The van der Waals surface area contributed by atoms with E-state index in [9.17, 15) is 14.4 Å². The fourth-order valence-electron chi connectivity index (χ4n) is 2.00. The van der Waals surface area contributed by atoms with E-state index < -0.39 is 17.9 Å². The first kappa shape index (κ1) is 13.3. The number of imide groups is 1. The number of hydrogen-bond acceptors (Lipinski definition) is 3. The lowest BCUT2D eigenvalue weighted by Crippen LogP contribution is -2.58. The molecule has 0 radical (unpaired) electrons. The van der Waals surface area contributed by atoms with Crippen LogP contribution in [0.3, 0.4) is 0 Å². The molecule has 0 aromatic heterocycles. The summed E-state index contributed by atoms with van der Waals surface area (Å²) >= 11 is 0. The van der Waals surface area contributed by atoms with Gasteiger partial charge in [0.15, 0.2) is 0 Å². The van der Waals surface area contributed by atoms with Crippen molar-refractivity contribution in [1.82, 2.24) is 10.2 Å². The summed E-state index contributed by atoms with van der Waals surface area (Å²) < 4.78 is 0. The van der Waals surface area contributed by atoms with E-state index in [1.54, 1.807) is 19.1 Å². The van der Waals surface area contributed by atoms with Gasteiger partial charge in [0.25, 0.3) is 5.91 Å². The third kappa shape index (κ3) is 2.50. The quantitative estimate of drug-likeness (QED) is 0.759. The molecule has 1 atom stereocenters. The summed E-state index contributed by atoms with van der Waals surface area (Å²) in [6.07, 6.45) is 0. The number of nitrogens with one attached hydrogen (secondary N) is 1. The summed E-state index contributed by atoms with van der Waals surface area (Å²) in [4.78, 5) is 36.6. The predicted molar refractivity (Wildman–Crippen MR) is 69.6 cm³/mol. The normalized spacial score (nSPS) is 19.3. The van der Waals surface area contributed by atoms with Gasteiger partial charge >= 0.3 is 0 Å². The highest BCUT2D eigenvalue weighted by Gasteiger charge is 2.33. The lowest BCUT2D eigenvalue weighted by atomic mass is 10.0. The van der Waals surface area contributed by atoms with Crippen molar-refractivity contribution in [2.24, 2.45) is 0 Å². The molecule has 1 aliphatic heterocycles. The summed E-state index contributed by atoms with van der Waals surface area (Å²) in [6.45, 7) is 5.41. The molecular formula is C14H16N2O3. The minimum Gasteiger partial charge on any atom is -0.318 e. The Balaban J connectivity index is 2.29. The van der Waals surface area contributed by atoms with Crippen molar-refractivity contribution in [2.45, 2.75) is 26.8 Å². The van der Waals surface area contributed by atoms with Crippen molar-refractivity contribution in [1.29, 1.82) is 0 Å². The molecule has 5 nitrogen and oxygen atoms in total. The number of aryl methyl sites for hydroxylation is 2. The molecule has 1 fully saturated rings. The Morgan fingerprint density at radius 3 is 2.58 bits per heavy atom. The van der Waals surface area contributed by atoms with Crippen LogP contribution < -0.4 is 5.32 Å². The van der Waals surface area contributed by atoms with Crippen LogP contribution in [0, 0.1) is 13.8 Å². The van der Waals surface area contributed by atoms with E-state index in [4.69, 9.17) is 0 Å². The van der Waals surface area contributed by atoms with Crippen molar-refractivity contribution in [3.05, 3.63) is 34.9 Å². The van der Waals surface area contributed by atoms with Crippen molar-refractivity contribution >= 4 is 17.7 Å². The largest absolute Gasteiger partial charge is 0.318 e. The van der Waals surface area contributed by atoms with Crippen LogP contribution in [0.25, 0.3) is 0 Å². The van der Waals surface area contributed by atoms with E-state index in [2.05, 4.69) is 5.32 Å². The number of carbonyl (C=O) groups is 3. The summed E-state index contributed by atoms with van der Waals surface area (Å²) in [5.41, 5.74) is 2.60. The van der Waals surface area contributed by atoms with Gasteiger partial charge in [-0.2, -0.15) is 0 Å². The molecule has 1 heterocycles. The average Bonchev–Trinajstić information content (AvgIpc) is 2.36. The van der Waals surface area contributed by atoms with E-state index in [0.29, 0.717) is 5.56 Å². The molecule has 1 aromatic rings. The van der Waals surface area contributed by atoms with E-state index >= 15 is 0 Å². The molecule has 0 saturated carbocycles. The monoisotopic (exact) mass is 260 g/mol. The molecule has 1 unspecified atom stereocenters. The van der Waals surface area contributed by atoms with E-state index in [1.165, 1.54) is 4.90 Å². The van der Waals surface area contributed by atoms with Gasteiger partial charge in [0.1, 0.15) is 12.6 Å². The van der Waals surface area contributed by atoms with Gasteiger partial charge in [-0.25, -0.2) is 0 Å². The first-order chi connectivity index (χ1) is 8.90. The number of piperazine rings is 1. The number of benzene rings is 1. The molecule has 0 aliphatic carbocycles. The number of amides is 3. The molecule has 1 aromatic carbocycles. The summed E-state index contributed by atoms with van der Waals surface area (Å²) in [5, 5.41) is 2.21. The average molecular weight is 260 g/mol. The standard InChI is InChI=1S/C14H16N2O3/c1-8-4-5-11(6-9(8)2)14(19)16-7-12(17)15-13(18)10(16)3/h4-6,10H,7H2,1-3H3,(H,15,17,18). The van der Waals surface area contributed by atoms with Gasteiger partial charge in [0.2, 0.25) is 11.8 Å². The van der Waals surface area contributed by atoms with Crippen molar-refractivity contribution < 1.29 is 14.4 Å². The summed E-state index contributed by atoms with van der Waals surface area (Å²) in [7, 11) is 0. The highest BCUT2D eigenvalue weighted by Crippen LogP contribution is 2.15. The fourth-order valence-corrected chi connectivity index (χ4v) is 2.00. The van der Waals surface area contributed by atoms with E-state index in [0.717, 1.165) is 11.1 Å². The first-order valence-electron chi connectivity index (χ1n) is 6.12. The van der Waals surface area contributed by atoms with Crippen molar-refractivity contribution in [2.75, 3.05) is 6.54 Å². The van der Waals surface area contributed by atoms with Gasteiger partial charge in [-0.3, -0.25) is 19.7 Å². The number of carbonyl (C=O) groups excluding carboxylic acids is 3. The molecule has 0 bridgehead atoms. The smallest absolute Gasteiger partial charge is 0.255 e. The second-order valence-corrected chi connectivity index (χ2v) is 4.82. The molecule has 1 N–H and O–H groups in total. The second kappa shape index (κ2) is 4.84. The van der Waals surface area contributed by atoms with Gasteiger partial charge in [0.05, 0.1) is 0 Å². The molecule has 1 saturated heterocycles. The zero-order chi connectivity index (χ0) is 14.2. The number of rotatable bonds is 1. The van der Waals surface area contributed by atoms with Crippen LogP contribution in [0.4, 0.5) is 0 Å². The zero-order valence-corrected chi connectivity index (χ0v) is 11.2. The first-order valence-corrected chi connectivity index (χ1v) is 6.12. The molecule has 5 heteroatoms. The third-order valence-electron chi connectivity index (χ3n) is 3.44. The fraction of sp³-hybridized carbons (Fsp3) is 0.357. The van der Waals surface area contributed by atoms with Crippen LogP contribution >= 0.6 is 0 Å². The summed E-state index contributed by atoms with van der Waals surface area (Å²) in [6, 6.07) is 4.72. The molecule has 3 amide bonds. The Morgan fingerprint density at radius 1 is 1.26 bits per heavy atom. The molecule has 2 rings (SSSR count). The van der Waals surface area contributed by atoms with Crippen LogP contribution in [0.5, 0.6) is 0 Å². The maximum absolute atomic E-state index is 12.4. The lowest BCUT2D eigenvalue weighted by Gasteiger charge is -2.31. The highest BCUT2D eigenvalue weighted by atomic mass is 16.2. The Hall–Kier alpha value is -2.17. The van der Waals surface area contributed by atoms with Gasteiger partial charge in [-0.15, -0.1) is 0 Å². The summed E-state index contributed by atoms with van der Waals surface area (Å²) in [5.74, 6) is -1.17. The SMILES string of the molecule is Cc1ccc(C(=O)N2CC(=O)NC(=O)C2C)cc1C. The van der Waals surface area contributed by atoms with Gasteiger partial charge in [0, 0.05) is 5.56 Å². The van der Waals surface area contributed by atoms with Gasteiger partial charge in [-0.05, 0) is 44.0 Å². The van der Waals surface area contributed by atoms with Crippen molar-refractivity contribution in [3.8, 4) is 0 Å². The minimum absolute atomic E-state index is 0.0847. The van der Waals surface area contributed by atoms with Crippen LogP contribution in [0.15, 0.2) is 18.2 Å². The number of hydrogen-bond donors (Lipinski definition) is 1. The molecule has 100 valence electrons. The molecule has 1 aliphatic rings. The predicted octanol–water partition coefficient (Wildman–Crippen LogP) is 0.791. The Kier molecular flexibility index (Phi) is 3.38. The molecule has 0 spiro atoms. The Morgan fingerprint density at radius 2 is 1.95 bits per heavy atom. The van der Waals surface area contributed by atoms with Gasteiger partial charge < -0.3 is 4.90 Å². The second-order valence-electron chi connectivity index (χ2n) is 4.82. The maximum Gasteiger partial charge on any atom is 0.255 e. The zero-order valence-electron chi connectivity index (χ0n) is 11.2. The maximum atomic E-state index is 12.4. The van der Waals surface area contributed by atoms with E-state index in [-0.39, 0.29) is 12.5 Å². The Bertz CT molecular complexity index is 566. The van der Waals surface area contributed by atoms with Gasteiger partial charge in [-0.1, -0.05) is 6.07 Å². The minimum atomic E-state index is -0.633. The van der Waals surface area contributed by atoms with Crippen LogP contribution in [0.1, 0.15) is 28.4 Å². The van der Waals surface area contributed by atoms with Crippen LogP contribution in [-0.2, 0) is 9.59 Å². The van der Waals surface area contributed by atoms with Crippen LogP contribution in [-0.4, -0.2) is 35.2 Å². The topological polar surface area (TPSA) is 66.5 Å². The lowest BCUT2D eigenvalue weighted by molar-refractivity contribution is -0.138. The highest BCUT2D eigenvalue weighted by molar-refractivity contribution is 6.07. The molecule has 19 heavy (non-hydrogen) atoms.